The SMILES string of the molecule is CNC(=O)c1[nH]cnc1C(=O)Nc1ccc(NC(=O)c2cccc(F)c2)cc1. The molecule has 0 aliphatic rings. The first-order chi connectivity index (χ1) is 13.5. The normalized spacial score (nSPS) is 10.2. The van der Waals surface area contributed by atoms with Crippen LogP contribution in [0.25, 0.3) is 0 Å². The molecule has 3 rings (SSSR count). The molecule has 3 amide bonds. The lowest BCUT2D eigenvalue weighted by Crippen LogP contribution is -2.23. The van der Waals surface area contributed by atoms with Crippen LogP contribution in [0.15, 0.2) is 54.9 Å². The van der Waals surface area contributed by atoms with Crippen LogP contribution in [0.2, 0.25) is 0 Å². The summed E-state index contributed by atoms with van der Waals surface area (Å²) in [7, 11) is 1.45. The molecule has 0 saturated carbocycles. The second kappa shape index (κ2) is 8.12. The van der Waals surface area contributed by atoms with Gasteiger partial charge in [0.1, 0.15) is 11.5 Å². The van der Waals surface area contributed by atoms with E-state index in [2.05, 4.69) is 25.9 Å². The van der Waals surface area contributed by atoms with E-state index in [1.807, 2.05) is 0 Å². The van der Waals surface area contributed by atoms with Crippen molar-refractivity contribution < 1.29 is 18.8 Å². The molecule has 0 aliphatic carbocycles. The lowest BCUT2D eigenvalue weighted by atomic mass is 10.2. The minimum Gasteiger partial charge on any atom is -0.354 e. The molecular weight excluding hydrogens is 365 g/mol. The number of hydrogen-bond donors (Lipinski definition) is 4. The zero-order valence-electron chi connectivity index (χ0n) is 14.7. The number of nitrogens with zero attached hydrogens (tertiary/aromatic N) is 1. The van der Waals surface area contributed by atoms with Crippen LogP contribution in [0.4, 0.5) is 15.8 Å². The van der Waals surface area contributed by atoms with Crippen LogP contribution >= 0.6 is 0 Å². The van der Waals surface area contributed by atoms with Gasteiger partial charge in [-0.2, -0.15) is 0 Å². The minimum absolute atomic E-state index is 0.0390. The maximum absolute atomic E-state index is 13.2. The topological polar surface area (TPSA) is 116 Å². The number of nitrogens with one attached hydrogen (secondary N) is 4. The lowest BCUT2D eigenvalue weighted by molar-refractivity contribution is 0.0943. The summed E-state index contributed by atoms with van der Waals surface area (Å²) >= 11 is 0. The van der Waals surface area contributed by atoms with E-state index < -0.39 is 23.5 Å². The molecule has 1 aromatic heterocycles. The molecule has 9 heteroatoms. The van der Waals surface area contributed by atoms with E-state index >= 15 is 0 Å². The number of rotatable bonds is 5. The Morgan fingerprint density at radius 2 is 1.57 bits per heavy atom. The Labute approximate surface area is 159 Å². The van der Waals surface area contributed by atoms with Gasteiger partial charge in [0, 0.05) is 24.0 Å². The minimum atomic E-state index is -0.559. The van der Waals surface area contributed by atoms with Crippen LogP contribution in [0, 0.1) is 5.82 Å². The molecule has 0 radical (unpaired) electrons. The Bertz CT molecular complexity index is 1030. The number of amides is 3. The van der Waals surface area contributed by atoms with Crippen molar-refractivity contribution in [2.75, 3.05) is 17.7 Å². The molecule has 3 aromatic rings. The molecule has 142 valence electrons. The fourth-order valence-corrected chi connectivity index (χ4v) is 2.42. The Kier molecular flexibility index (Phi) is 5.45. The molecule has 28 heavy (non-hydrogen) atoms. The molecule has 0 aliphatic heterocycles. The van der Waals surface area contributed by atoms with E-state index in [0.29, 0.717) is 11.4 Å². The summed E-state index contributed by atoms with van der Waals surface area (Å²) in [6.07, 6.45) is 1.25. The summed E-state index contributed by atoms with van der Waals surface area (Å²) in [5.74, 6) is -1.97. The number of aromatic amines is 1. The van der Waals surface area contributed by atoms with Gasteiger partial charge in [-0.25, -0.2) is 9.37 Å². The van der Waals surface area contributed by atoms with Crippen LogP contribution in [0.3, 0.4) is 0 Å². The predicted octanol–water partition coefficient (Wildman–Crippen LogP) is 2.41. The van der Waals surface area contributed by atoms with Crippen molar-refractivity contribution in [1.82, 2.24) is 15.3 Å². The number of halogens is 1. The first kappa shape index (κ1) is 18.8. The predicted molar refractivity (Wildman–Crippen MR) is 101 cm³/mol. The van der Waals surface area contributed by atoms with Gasteiger partial charge in [0.15, 0.2) is 5.69 Å². The van der Waals surface area contributed by atoms with Gasteiger partial charge < -0.3 is 20.9 Å². The number of imidazole rings is 1. The number of H-pyrrole nitrogens is 1. The highest BCUT2D eigenvalue weighted by Gasteiger charge is 2.19. The summed E-state index contributed by atoms with van der Waals surface area (Å²) in [5.41, 5.74) is 1.12. The van der Waals surface area contributed by atoms with Gasteiger partial charge >= 0.3 is 0 Å². The van der Waals surface area contributed by atoms with Gasteiger partial charge in [0.05, 0.1) is 6.33 Å². The molecule has 4 N–H and O–H groups in total. The summed E-state index contributed by atoms with van der Waals surface area (Å²) in [5, 5.41) is 7.67. The van der Waals surface area contributed by atoms with Crippen molar-refractivity contribution in [2.24, 2.45) is 0 Å². The van der Waals surface area contributed by atoms with Crippen molar-refractivity contribution in [3.63, 3.8) is 0 Å². The highest BCUT2D eigenvalue weighted by Crippen LogP contribution is 2.16. The second-order valence-corrected chi connectivity index (χ2v) is 5.70. The van der Waals surface area contributed by atoms with Crippen molar-refractivity contribution >= 4 is 29.1 Å². The fraction of sp³-hybridized carbons (Fsp3) is 0.0526. The molecule has 0 atom stereocenters. The van der Waals surface area contributed by atoms with Gasteiger partial charge in [-0.3, -0.25) is 14.4 Å². The molecule has 0 bridgehead atoms. The monoisotopic (exact) mass is 381 g/mol. The third-order valence-electron chi connectivity index (χ3n) is 3.80. The number of carbonyl (C=O) groups is 3. The van der Waals surface area contributed by atoms with Crippen molar-refractivity contribution in [2.45, 2.75) is 0 Å². The Morgan fingerprint density at radius 3 is 2.18 bits per heavy atom. The number of anilines is 2. The van der Waals surface area contributed by atoms with E-state index in [4.69, 9.17) is 0 Å². The molecule has 2 aromatic carbocycles. The zero-order valence-corrected chi connectivity index (χ0v) is 14.7. The van der Waals surface area contributed by atoms with Gasteiger partial charge in [0.2, 0.25) is 0 Å². The summed E-state index contributed by atoms with van der Waals surface area (Å²) in [6, 6.07) is 11.7. The third kappa shape index (κ3) is 4.21. The van der Waals surface area contributed by atoms with Crippen LogP contribution in [0.5, 0.6) is 0 Å². The quantitative estimate of drug-likeness (QED) is 0.543. The molecule has 0 spiro atoms. The summed E-state index contributed by atoms with van der Waals surface area (Å²) in [4.78, 5) is 42.6. The van der Waals surface area contributed by atoms with E-state index in [0.717, 1.165) is 6.07 Å². The van der Waals surface area contributed by atoms with Gasteiger partial charge in [-0.05, 0) is 42.5 Å². The number of benzene rings is 2. The standard InChI is InChI=1S/C19H16FN5O3/c1-21-18(27)15-16(23-10-22-15)19(28)25-14-7-5-13(6-8-14)24-17(26)11-3-2-4-12(20)9-11/h2-10H,1H3,(H,21,27)(H,22,23)(H,24,26)(H,25,28). The maximum atomic E-state index is 13.2. The molecule has 0 unspecified atom stereocenters. The maximum Gasteiger partial charge on any atom is 0.276 e. The fourth-order valence-electron chi connectivity index (χ4n) is 2.42. The van der Waals surface area contributed by atoms with Crippen molar-refractivity contribution in [3.05, 3.63) is 77.6 Å². The highest BCUT2D eigenvalue weighted by molar-refractivity contribution is 6.10. The van der Waals surface area contributed by atoms with Crippen LogP contribution in [-0.4, -0.2) is 34.7 Å². The molecule has 0 fully saturated rings. The van der Waals surface area contributed by atoms with Crippen LogP contribution in [-0.2, 0) is 0 Å². The average Bonchev–Trinajstić information content (AvgIpc) is 3.19. The second-order valence-electron chi connectivity index (χ2n) is 5.70. The van der Waals surface area contributed by atoms with E-state index in [1.165, 1.54) is 31.6 Å². The smallest absolute Gasteiger partial charge is 0.276 e. The van der Waals surface area contributed by atoms with E-state index in [1.54, 1.807) is 24.3 Å². The first-order valence-electron chi connectivity index (χ1n) is 8.21. The summed E-state index contributed by atoms with van der Waals surface area (Å²) in [6.45, 7) is 0. The number of aromatic nitrogens is 2. The molecular formula is C19H16FN5O3. The lowest BCUT2D eigenvalue weighted by Gasteiger charge is -2.08. The number of carbonyl (C=O) groups excluding carboxylic acids is 3. The largest absolute Gasteiger partial charge is 0.354 e. The van der Waals surface area contributed by atoms with Crippen LogP contribution < -0.4 is 16.0 Å². The Hall–Kier alpha value is -4.01. The summed E-state index contributed by atoms with van der Waals surface area (Å²) < 4.78 is 13.2. The van der Waals surface area contributed by atoms with Gasteiger partial charge in [0.25, 0.3) is 17.7 Å². The average molecular weight is 381 g/mol. The zero-order chi connectivity index (χ0) is 20.1. The van der Waals surface area contributed by atoms with E-state index in [-0.39, 0.29) is 17.0 Å². The molecule has 8 nitrogen and oxygen atoms in total. The highest BCUT2D eigenvalue weighted by atomic mass is 19.1. The Balaban J connectivity index is 1.66. The van der Waals surface area contributed by atoms with Gasteiger partial charge in [-0.1, -0.05) is 6.07 Å². The first-order valence-corrected chi connectivity index (χ1v) is 8.21. The number of hydrogen-bond acceptors (Lipinski definition) is 4. The van der Waals surface area contributed by atoms with Crippen molar-refractivity contribution in [3.8, 4) is 0 Å². The molecule has 0 saturated heterocycles. The van der Waals surface area contributed by atoms with Crippen LogP contribution in [0.1, 0.15) is 31.3 Å². The Morgan fingerprint density at radius 1 is 0.929 bits per heavy atom. The molecule has 1 heterocycles. The third-order valence-corrected chi connectivity index (χ3v) is 3.80. The van der Waals surface area contributed by atoms with Crippen molar-refractivity contribution in [1.29, 1.82) is 0 Å². The van der Waals surface area contributed by atoms with E-state index in [9.17, 15) is 18.8 Å². The van der Waals surface area contributed by atoms with Gasteiger partial charge in [-0.15, -0.1) is 0 Å².